The lowest BCUT2D eigenvalue weighted by molar-refractivity contribution is -0.130. The number of ether oxygens (including phenoxy) is 2. The number of urea groups is 1. The van der Waals surface area contributed by atoms with E-state index < -0.39 is 17.8 Å². The average molecular weight is 500 g/mol. The Kier molecular flexibility index (Phi) is 6.76. The summed E-state index contributed by atoms with van der Waals surface area (Å²) in [6, 6.07) is 17.8. The first kappa shape index (κ1) is 23.9. The van der Waals surface area contributed by atoms with Crippen molar-refractivity contribution < 1.29 is 28.3 Å². The van der Waals surface area contributed by atoms with E-state index in [0.29, 0.717) is 36.0 Å². The lowest BCUT2D eigenvalue weighted by atomic mass is 10.1. The molecular formula is C28H25N3O6. The first-order chi connectivity index (χ1) is 18.0. The minimum absolute atomic E-state index is 0.0732. The van der Waals surface area contributed by atoms with Gasteiger partial charge in [-0.25, -0.2) is 4.79 Å². The van der Waals surface area contributed by atoms with Crippen LogP contribution in [-0.2, 0) is 22.7 Å². The second kappa shape index (κ2) is 10.4. The molecule has 1 aliphatic heterocycles. The Morgan fingerprint density at radius 2 is 1.76 bits per heavy atom. The molecule has 1 fully saturated rings. The molecule has 2 aromatic carbocycles. The van der Waals surface area contributed by atoms with E-state index in [1.807, 2.05) is 54.7 Å². The molecule has 0 spiro atoms. The number of methoxy groups -OCH3 is 1. The van der Waals surface area contributed by atoms with Crippen LogP contribution >= 0.6 is 0 Å². The van der Waals surface area contributed by atoms with Crippen molar-refractivity contribution in [2.45, 2.75) is 19.5 Å². The van der Waals surface area contributed by atoms with E-state index in [0.717, 1.165) is 22.2 Å². The van der Waals surface area contributed by atoms with Crippen molar-refractivity contribution in [2.24, 2.45) is 0 Å². The predicted molar refractivity (Wildman–Crippen MR) is 136 cm³/mol. The Morgan fingerprint density at radius 1 is 0.973 bits per heavy atom. The van der Waals surface area contributed by atoms with E-state index >= 15 is 0 Å². The maximum atomic E-state index is 13.1. The van der Waals surface area contributed by atoms with Gasteiger partial charge >= 0.3 is 6.03 Å². The van der Waals surface area contributed by atoms with Crippen LogP contribution in [0.25, 0.3) is 17.0 Å². The second-order valence-corrected chi connectivity index (χ2v) is 8.44. The van der Waals surface area contributed by atoms with Gasteiger partial charge in [-0.15, -0.1) is 0 Å². The smallest absolute Gasteiger partial charge is 0.331 e. The summed E-state index contributed by atoms with van der Waals surface area (Å²) >= 11 is 0. The molecule has 0 atom stereocenters. The predicted octanol–water partition coefficient (Wildman–Crippen LogP) is 4.37. The van der Waals surface area contributed by atoms with Crippen molar-refractivity contribution >= 4 is 34.8 Å². The molecule has 5 rings (SSSR count). The first-order valence-electron chi connectivity index (χ1n) is 11.8. The summed E-state index contributed by atoms with van der Waals surface area (Å²) in [5.74, 6) is 0.394. The highest BCUT2D eigenvalue weighted by molar-refractivity contribution is 6.31. The van der Waals surface area contributed by atoms with Crippen LogP contribution in [0.3, 0.4) is 0 Å². The van der Waals surface area contributed by atoms with Crippen LogP contribution in [0.4, 0.5) is 4.79 Å². The Labute approximate surface area is 212 Å². The number of benzene rings is 2. The van der Waals surface area contributed by atoms with Gasteiger partial charge < -0.3 is 18.5 Å². The van der Waals surface area contributed by atoms with E-state index in [4.69, 9.17) is 13.9 Å². The molecule has 0 radical (unpaired) electrons. The molecule has 37 heavy (non-hydrogen) atoms. The molecule has 2 aromatic heterocycles. The van der Waals surface area contributed by atoms with E-state index in [-0.39, 0.29) is 12.1 Å². The summed E-state index contributed by atoms with van der Waals surface area (Å²) in [5.41, 5.74) is 1.54. The highest BCUT2D eigenvalue weighted by Gasteiger charge is 2.36. The van der Waals surface area contributed by atoms with Gasteiger partial charge in [0.05, 0.1) is 26.5 Å². The van der Waals surface area contributed by atoms with E-state index in [9.17, 15) is 14.4 Å². The molecule has 1 aliphatic rings. The quantitative estimate of drug-likeness (QED) is 0.208. The van der Waals surface area contributed by atoms with Gasteiger partial charge in [-0.1, -0.05) is 30.3 Å². The van der Waals surface area contributed by atoms with Crippen molar-refractivity contribution in [2.75, 3.05) is 13.7 Å². The number of furan rings is 1. The highest BCUT2D eigenvalue weighted by atomic mass is 16.5. The number of nitrogens with zero attached hydrogens (tertiary/aromatic N) is 2. The SMILES string of the molecule is COc1ccccc1OCCCn1cc(/C=C2\C(=O)NC(=O)N(Cc3ccco3)C2=O)c2ccccc21. The maximum absolute atomic E-state index is 13.1. The van der Waals surface area contributed by atoms with Crippen molar-refractivity contribution in [3.63, 3.8) is 0 Å². The lowest BCUT2D eigenvalue weighted by Crippen LogP contribution is -2.53. The zero-order chi connectivity index (χ0) is 25.8. The summed E-state index contributed by atoms with van der Waals surface area (Å²) < 4.78 is 18.5. The summed E-state index contributed by atoms with van der Waals surface area (Å²) in [7, 11) is 1.60. The number of hydrogen-bond acceptors (Lipinski definition) is 6. The monoisotopic (exact) mass is 499 g/mol. The number of carbonyl (C=O) groups excluding carboxylic acids is 3. The van der Waals surface area contributed by atoms with Crippen LogP contribution in [0.2, 0.25) is 0 Å². The van der Waals surface area contributed by atoms with Gasteiger partial charge in [-0.05, 0) is 42.8 Å². The third-order valence-corrected chi connectivity index (χ3v) is 6.07. The number of hydrogen-bond donors (Lipinski definition) is 1. The van der Waals surface area contributed by atoms with Crippen LogP contribution in [0, 0.1) is 0 Å². The zero-order valence-corrected chi connectivity index (χ0v) is 20.2. The number of aryl methyl sites for hydroxylation is 1. The van der Waals surface area contributed by atoms with Gasteiger partial charge in [-0.2, -0.15) is 0 Å². The molecule has 4 aromatic rings. The molecule has 3 heterocycles. The number of rotatable bonds is 9. The van der Waals surface area contributed by atoms with Gasteiger partial charge in [0.25, 0.3) is 11.8 Å². The fraction of sp³-hybridized carbons (Fsp3) is 0.179. The summed E-state index contributed by atoms with van der Waals surface area (Å²) in [6.07, 6.45) is 5.61. The van der Waals surface area contributed by atoms with Crippen molar-refractivity contribution in [1.82, 2.24) is 14.8 Å². The normalized spacial score (nSPS) is 14.9. The molecular weight excluding hydrogens is 474 g/mol. The summed E-state index contributed by atoms with van der Waals surface area (Å²) in [4.78, 5) is 39.0. The van der Waals surface area contributed by atoms with Gasteiger partial charge in [0, 0.05) is 29.2 Å². The zero-order valence-electron chi connectivity index (χ0n) is 20.2. The summed E-state index contributed by atoms with van der Waals surface area (Å²) in [5, 5.41) is 3.13. The number of nitrogens with one attached hydrogen (secondary N) is 1. The Hall–Kier alpha value is -4.79. The minimum Gasteiger partial charge on any atom is -0.493 e. The van der Waals surface area contributed by atoms with Crippen LogP contribution in [0.1, 0.15) is 17.7 Å². The number of barbiturate groups is 1. The largest absolute Gasteiger partial charge is 0.493 e. The van der Waals surface area contributed by atoms with E-state index in [2.05, 4.69) is 9.88 Å². The Balaban J connectivity index is 1.36. The number of amides is 4. The van der Waals surface area contributed by atoms with E-state index in [1.54, 1.807) is 19.2 Å². The minimum atomic E-state index is -0.777. The summed E-state index contributed by atoms with van der Waals surface area (Å²) in [6.45, 7) is 1.06. The Morgan fingerprint density at radius 3 is 2.54 bits per heavy atom. The molecule has 0 bridgehead atoms. The highest BCUT2D eigenvalue weighted by Crippen LogP contribution is 2.27. The standard InChI is InChI=1S/C28H25N3O6/c1-35-24-11-4-5-12-25(24)37-15-7-13-30-17-19(21-9-2-3-10-23(21)30)16-22-26(32)29-28(34)31(27(22)33)18-20-8-6-14-36-20/h2-6,8-12,14,16-17H,7,13,15,18H2,1H3,(H,29,32,34)/b22-16+. The van der Waals surface area contributed by atoms with Crippen molar-refractivity contribution in [3.05, 3.63) is 90.0 Å². The maximum Gasteiger partial charge on any atom is 0.331 e. The fourth-order valence-corrected chi connectivity index (χ4v) is 4.28. The van der Waals surface area contributed by atoms with E-state index in [1.165, 1.54) is 12.3 Å². The number of carbonyl (C=O) groups is 3. The molecule has 188 valence electrons. The van der Waals surface area contributed by atoms with Crippen LogP contribution in [0.15, 0.2) is 83.1 Å². The third kappa shape index (κ3) is 4.97. The van der Waals surface area contributed by atoms with Crippen LogP contribution in [-0.4, -0.2) is 41.0 Å². The molecule has 4 amide bonds. The fourth-order valence-electron chi connectivity index (χ4n) is 4.28. The molecule has 0 saturated carbocycles. The van der Waals surface area contributed by atoms with Crippen LogP contribution < -0.4 is 14.8 Å². The van der Waals surface area contributed by atoms with Gasteiger partial charge in [0.1, 0.15) is 11.3 Å². The number of aromatic nitrogens is 1. The molecule has 9 heteroatoms. The van der Waals surface area contributed by atoms with Gasteiger partial charge in [0.2, 0.25) is 0 Å². The van der Waals surface area contributed by atoms with Gasteiger partial charge in [0.15, 0.2) is 11.5 Å². The van der Waals surface area contributed by atoms with Gasteiger partial charge in [-0.3, -0.25) is 19.8 Å². The molecule has 9 nitrogen and oxygen atoms in total. The second-order valence-electron chi connectivity index (χ2n) is 8.44. The third-order valence-electron chi connectivity index (χ3n) is 6.07. The topological polar surface area (TPSA) is 103 Å². The molecule has 0 aliphatic carbocycles. The lowest BCUT2D eigenvalue weighted by Gasteiger charge is -2.25. The molecule has 1 saturated heterocycles. The number of para-hydroxylation sites is 3. The van der Waals surface area contributed by atoms with Crippen molar-refractivity contribution in [1.29, 1.82) is 0 Å². The molecule has 1 N–H and O–H groups in total. The van der Waals surface area contributed by atoms with Crippen LogP contribution in [0.5, 0.6) is 11.5 Å². The average Bonchev–Trinajstić information content (AvgIpc) is 3.55. The first-order valence-corrected chi connectivity index (χ1v) is 11.8. The number of fused-ring (bicyclic) bond motifs is 1. The van der Waals surface area contributed by atoms with Crippen molar-refractivity contribution in [3.8, 4) is 11.5 Å². The molecule has 0 unspecified atom stereocenters. The number of imide groups is 2. The Bertz CT molecular complexity index is 1480.